The predicted molar refractivity (Wildman–Crippen MR) is 70.6 cm³/mol. The van der Waals surface area contributed by atoms with Gasteiger partial charge < -0.3 is 9.64 Å². The van der Waals surface area contributed by atoms with Gasteiger partial charge in [-0.15, -0.1) is 0 Å². The van der Waals surface area contributed by atoms with E-state index in [-0.39, 0.29) is 35.3 Å². The number of halogens is 1. The Balaban J connectivity index is 2.37. The highest BCUT2D eigenvalue weighted by Gasteiger charge is 2.38. The number of esters is 1. The molecule has 2 rings (SSSR count). The van der Waals surface area contributed by atoms with Crippen molar-refractivity contribution in [2.24, 2.45) is 5.92 Å². The fraction of sp³-hybridized carbons (Fsp3) is 0.333. The van der Waals surface area contributed by atoms with Gasteiger partial charge in [0.05, 0.1) is 18.0 Å². The van der Waals surface area contributed by atoms with E-state index in [4.69, 9.17) is 11.6 Å². The van der Waals surface area contributed by atoms with E-state index >= 15 is 0 Å². The molecule has 1 unspecified atom stereocenters. The first-order chi connectivity index (χ1) is 9.43. The maximum Gasteiger partial charge on any atom is 0.311 e. The topological polar surface area (TPSA) is 89.8 Å². The van der Waals surface area contributed by atoms with Gasteiger partial charge in [0.1, 0.15) is 5.69 Å². The molecule has 0 spiro atoms. The number of anilines is 1. The number of nitro groups is 1. The Morgan fingerprint density at radius 2 is 2.25 bits per heavy atom. The van der Waals surface area contributed by atoms with Crippen molar-refractivity contribution < 1.29 is 19.2 Å². The van der Waals surface area contributed by atoms with Gasteiger partial charge in [-0.2, -0.15) is 0 Å². The van der Waals surface area contributed by atoms with Crippen LogP contribution in [0, 0.1) is 16.0 Å². The summed E-state index contributed by atoms with van der Waals surface area (Å²) >= 11 is 5.82. The molecule has 0 bridgehead atoms. The van der Waals surface area contributed by atoms with E-state index in [9.17, 15) is 19.7 Å². The number of hydrogen-bond acceptors (Lipinski definition) is 5. The lowest BCUT2D eigenvalue weighted by Gasteiger charge is -2.16. The van der Waals surface area contributed by atoms with Gasteiger partial charge in [0.2, 0.25) is 5.91 Å². The molecule has 106 valence electrons. The van der Waals surface area contributed by atoms with Crippen molar-refractivity contribution >= 4 is 34.9 Å². The molecule has 8 heteroatoms. The highest BCUT2D eigenvalue weighted by molar-refractivity contribution is 6.31. The molecule has 0 aromatic heterocycles. The summed E-state index contributed by atoms with van der Waals surface area (Å²) in [7, 11) is 1.23. The van der Waals surface area contributed by atoms with Crippen LogP contribution in [-0.4, -0.2) is 30.5 Å². The van der Waals surface area contributed by atoms with E-state index in [0.29, 0.717) is 0 Å². The average Bonchev–Trinajstić information content (AvgIpc) is 2.79. The van der Waals surface area contributed by atoms with E-state index in [2.05, 4.69) is 4.74 Å². The Labute approximate surface area is 119 Å². The lowest BCUT2D eigenvalue weighted by molar-refractivity contribution is -0.384. The van der Waals surface area contributed by atoms with Crippen LogP contribution in [0.3, 0.4) is 0 Å². The Morgan fingerprint density at radius 3 is 2.85 bits per heavy atom. The molecule has 0 radical (unpaired) electrons. The molecule has 1 atom stereocenters. The molecule has 0 saturated carbocycles. The van der Waals surface area contributed by atoms with Crippen molar-refractivity contribution in [2.75, 3.05) is 18.6 Å². The molecule has 1 fully saturated rings. The second-order valence-electron chi connectivity index (χ2n) is 4.32. The Bertz CT molecular complexity index is 589. The number of methoxy groups -OCH3 is 1. The van der Waals surface area contributed by atoms with Crippen molar-refractivity contribution in [2.45, 2.75) is 6.42 Å². The minimum absolute atomic E-state index is 0.0314. The monoisotopic (exact) mass is 298 g/mol. The van der Waals surface area contributed by atoms with Crippen LogP contribution in [0.4, 0.5) is 11.4 Å². The number of carbonyl (C=O) groups excluding carboxylic acids is 2. The third-order valence-electron chi connectivity index (χ3n) is 3.08. The van der Waals surface area contributed by atoms with Crippen molar-refractivity contribution in [3.63, 3.8) is 0 Å². The third kappa shape index (κ3) is 2.57. The summed E-state index contributed by atoms with van der Waals surface area (Å²) in [5.74, 6) is -1.50. The summed E-state index contributed by atoms with van der Waals surface area (Å²) in [5, 5.41) is 11.3. The van der Waals surface area contributed by atoms with Crippen LogP contribution in [0.25, 0.3) is 0 Å². The van der Waals surface area contributed by atoms with Gasteiger partial charge >= 0.3 is 5.97 Å². The summed E-state index contributed by atoms with van der Waals surface area (Å²) in [6.45, 7) is 0.0483. The lowest BCUT2D eigenvalue weighted by atomic mass is 10.1. The van der Waals surface area contributed by atoms with Gasteiger partial charge in [0.25, 0.3) is 5.69 Å². The summed E-state index contributed by atoms with van der Waals surface area (Å²) in [5.41, 5.74) is -0.132. The highest BCUT2D eigenvalue weighted by Crippen LogP contribution is 2.35. The molecule has 1 saturated heterocycles. The molecule has 1 aromatic carbocycles. The third-order valence-corrected chi connectivity index (χ3v) is 3.32. The molecule has 1 aliphatic heterocycles. The molecule has 7 nitrogen and oxygen atoms in total. The van der Waals surface area contributed by atoms with E-state index in [0.717, 1.165) is 0 Å². The Morgan fingerprint density at radius 1 is 1.55 bits per heavy atom. The van der Waals surface area contributed by atoms with Crippen LogP contribution in [0.5, 0.6) is 0 Å². The van der Waals surface area contributed by atoms with Crippen molar-refractivity contribution in [1.29, 1.82) is 0 Å². The fourth-order valence-electron chi connectivity index (χ4n) is 2.13. The molecule has 1 aromatic rings. The summed E-state index contributed by atoms with van der Waals surface area (Å²) in [6.07, 6.45) is -0.0314. The van der Waals surface area contributed by atoms with Gasteiger partial charge in [0.15, 0.2) is 0 Å². The smallest absolute Gasteiger partial charge is 0.311 e. The first-order valence-electron chi connectivity index (χ1n) is 5.76. The maximum absolute atomic E-state index is 11.9. The zero-order valence-corrected chi connectivity index (χ0v) is 11.3. The van der Waals surface area contributed by atoms with Crippen molar-refractivity contribution in [1.82, 2.24) is 0 Å². The SMILES string of the molecule is COC(=O)C1CC(=O)N(c2cc(Cl)ccc2[N+](=O)[O-])C1. The Hall–Kier alpha value is -2.15. The van der Waals surface area contributed by atoms with E-state index in [1.807, 2.05) is 0 Å². The quantitative estimate of drug-likeness (QED) is 0.482. The lowest BCUT2D eigenvalue weighted by Crippen LogP contribution is -2.26. The van der Waals surface area contributed by atoms with Gasteiger partial charge in [-0.1, -0.05) is 11.6 Å². The number of ether oxygens (including phenoxy) is 1. The summed E-state index contributed by atoms with van der Waals surface area (Å²) in [6, 6.07) is 3.95. The zero-order valence-electron chi connectivity index (χ0n) is 10.5. The molecule has 0 N–H and O–H groups in total. The minimum Gasteiger partial charge on any atom is -0.469 e. The number of rotatable bonds is 3. The fourth-order valence-corrected chi connectivity index (χ4v) is 2.30. The highest BCUT2D eigenvalue weighted by atomic mass is 35.5. The number of hydrogen-bond donors (Lipinski definition) is 0. The van der Waals surface area contributed by atoms with Gasteiger partial charge in [-0.3, -0.25) is 19.7 Å². The van der Waals surface area contributed by atoms with Crippen LogP contribution < -0.4 is 4.90 Å². The molecule has 1 aliphatic rings. The van der Waals surface area contributed by atoms with Gasteiger partial charge in [-0.05, 0) is 12.1 Å². The first-order valence-corrected chi connectivity index (χ1v) is 6.14. The number of amides is 1. The standard InChI is InChI=1S/C12H11ClN2O5/c1-20-12(17)7-4-11(16)14(6-7)10-5-8(13)2-3-9(10)15(18)19/h2-3,5,7H,4,6H2,1H3. The number of benzene rings is 1. The van der Waals surface area contributed by atoms with Crippen LogP contribution in [0.1, 0.15) is 6.42 Å². The minimum atomic E-state index is -0.619. The van der Waals surface area contributed by atoms with Crippen molar-refractivity contribution in [3.05, 3.63) is 33.3 Å². The number of carbonyl (C=O) groups is 2. The largest absolute Gasteiger partial charge is 0.469 e. The van der Waals surface area contributed by atoms with E-state index in [1.54, 1.807) is 0 Å². The molecule has 1 amide bonds. The van der Waals surface area contributed by atoms with Crippen molar-refractivity contribution in [3.8, 4) is 0 Å². The van der Waals surface area contributed by atoms with Crippen LogP contribution in [0.2, 0.25) is 5.02 Å². The Kier molecular flexibility index (Phi) is 3.89. The maximum atomic E-state index is 11.9. The first kappa shape index (κ1) is 14.3. The summed E-state index contributed by atoms with van der Waals surface area (Å²) < 4.78 is 4.59. The predicted octanol–water partition coefficient (Wildman–Crippen LogP) is 1.77. The van der Waals surface area contributed by atoms with Crippen LogP contribution in [-0.2, 0) is 14.3 Å². The second-order valence-corrected chi connectivity index (χ2v) is 4.76. The summed E-state index contributed by atoms with van der Waals surface area (Å²) in [4.78, 5) is 35.0. The second kappa shape index (κ2) is 5.46. The average molecular weight is 299 g/mol. The molecular formula is C12H11ClN2O5. The van der Waals surface area contributed by atoms with E-state index in [1.165, 1.54) is 30.2 Å². The van der Waals surface area contributed by atoms with E-state index < -0.39 is 16.8 Å². The number of nitrogens with zero attached hydrogens (tertiary/aromatic N) is 2. The molecular weight excluding hydrogens is 288 g/mol. The molecule has 1 heterocycles. The van der Waals surface area contributed by atoms with Crippen LogP contribution >= 0.6 is 11.6 Å². The molecule has 20 heavy (non-hydrogen) atoms. The van der Waals surface area contributed by atoms with Gasteiger partial charge in [-0.25, -0.2) is 0 Å². The van der Waals surface area contributed by atoms with Gasteiger partial charge in [0, 0.05) is 24.1 Å². The normalized spacial score (nSPS) is 18.2. The molecule has 0 aliphatic carbocycles. The number of nitro benzene ring substituents is 1. The zero-order chi connectivity index (χ0) is 14.9. The van der Waals surface area contributed by atoms with Crippen LogP contribution in [0.15, 0.2) is 18.2 Å².